The number of rotatable bonds is 2. The molecular formula is C10H11ClN2O. The lowest BCUT2D eigenvalue weighted by Gasteiger charge is -2.03. The molecule has 0 aliphatic carbocycles. The molecular weight excluding hydrogens is 200 g/mol. The first-order chi connectivity index (χ1) is 6.72. The van der Waals surface area contributed by atoms with E-state index in [1.54, 1.807) is 0 Å². The standard InChI is InChI=1S/C10H11ClN2O/c11-7-2-1-3-9-6(7)4-10(13-9)8(12)5-14/h1-4,8,13-14H,5,12H2/t8-/m1/s1. The summed E-state index contributed by atoms with van der Waals surface area (Å²) in [7, 11) is 0. The Bertz CT molecular complexity index is 452. The number of benzene rings is 1. The summed E-state index contributed by atoms with van der Waals surface area (Å²) < 4.78 is 0. The fourth-order valence-electron chi connectivity index (χ4n) is 1.44. The molecule has 1 aromatic heterocycles. The van der Waals surface area contributed by atoms with Gasteiger partial charge >= 0.3 is 0 Å². The van der Waals surface area contributed by atoms with Crippen LogP contribution in [0.1, 0.15) is 11.7 Å². The minimum Gasteiger partial charge on any atom is -0.394 e. The molecule has 0 amide bonds. The molecule has 0 saturated carbocycles. The number of aromatic nitrogens is 1. The first-order valence-corrected chi connectivity index (χ1v) is 4.73. The van der Waals surface area contributed by atoms with E-state index in [-0.39, 0.29) is 12.6 Å². The van der Waals surface area contributed by atoms with Gasteiger partial charge in [-0.3, -0.25) is 0 Å². The maximum atomic E-state index is 8.90. The second-order valence-electron chi connectivity index (χ2n) is 3.21. The van der Waals surface area contributed by atoms with Crippen LogP contribution in [0.5, 0.6) is 0 Å². The van der Waals surface area contributed by atoms with Crippen LogP contribution in [0.15, 0.2) is 24.3 Å². The lowest BCUT2D eigenvalue weighted by Crippen LogP contribution is -2.14. The van der Waals surface area contributed by atoms with Crippen LogP contribution < -0.4 is 5.73 Å². The number of hydrogen-bond acceptors (Lipinski definition) is 2. The number of nitrogens with one attached hydrogen (secondary N) is 1. The largest absolute Gasteiger partial charge is 0.394 e. The van der Waals surface area contributed by atoms with Gasteiger partial charge in [0.25, 0.3) is 0 Å². The number of aromatic amines is 1. The number of aliphatic hydroxyl groups is 1. The van der Waals surface area contributed by atoms with Gasteiger partial charge in [0, 0.05) is 21.6 Å². The monoisotopic (exact) mass is 210 g/mol. The van der Waals surface area contributed by atoms with Crippen molar-refractivity contribution in [1.82, 2.24) is 4.98 Å². The van der Waals surface area contributed by atoms with Gasteiger partial charge in [0.15, 0.2) is 0 Å². The van der Waals surface area contributed by atoms with Gasteiger partial charge in [0.1, 0.15) is 0 Å². The molecule has 1 atom stereocenters. The van der Waals surface area contributed by atoms with Gasteiger partial charge < -0.3 is 15.8 Å². The average Bonchev–Trinajstić information content (AvgIpc) is 2.62. The summed E-state index contributed by atoms with van der Waals surface area (Å²) in [4.78, 5) is 3.12. The van der Waals surface area contributed by atoms with Gasteiger partial charge in [0.2, 0.25) is 0 Å². The summed E-state index contributed by atoms with van der Waals surface area (Å²) in [5.41, 5.74) is 7.43. The highest BCUT2D eigenvalue weighted by Gasteiger charge is 2.09. The molecule has 0 bridgehead atoms. The van der Waals surface area contributed by atoms with E-state index in [9.17, 15) is 0 Å². The van der Waals surface area contributed by atoms with E-state index in [0.29, 0.717) is 5.02 Å². The van der Waals surface area contributed by atoms with Gasteiger partial charge in [-0.2, -0.15) is 0 Å². The Labute approximate surface area is 86.5 Å². The van der Waals surface area contributed by atoms with Crippen LogP contribution in [0.25, 0.3) is 10.9 Å². The Hall–Kier alpha value is -1.03. The van der Waals surface area contributed by atoms with Gasteiger partial charge in [-0.05, 0) is 18.2 Å². The first-order valence-electron chi connectivity index (χ1n) is 4.36. The maximum Gasteiger partial charge on any atom is 0.0683 e. The third-order valence-electron chi connectivity index (χ3n) is 2.23. The normalized spacial score (nSPS) is 13.4. The number of H-pyrrole nitrogens is 1. The highest BCUT2D eigenvalue weighted by Crippen LogP contribution is 2.25. The molecule has 1 aromatic carbocycles. The predicted octanol–water partition coefficient (Wildman–Crippen LogP) is 1.81. The highest BCUT2D eigenvalue weighted by atomic mass is 35.5. The minimum atomic E-state index is -0.376. The van der Waals surface area contributed by atoms with E-state index < -0.39 is 0 Å². The van der Waals surface area contributed by atoms with Crippen LogP contribution in [0.2, 0.25) is 5.02 Å². The van der Waals surface area contributed by atoms with Crippen molar-refractivity contribution in [2.24, 2.45) is 5.73 Å². The van der Waals surface area contributed by atoms with Crippen molar-refractivity contribution in [1.29, 1.82) is 0 Å². The number of halogens is 1. The molecule has 0 aliphatic heterocycles. The Balaban J connectivity index is 2.56. The van der Waals surface area contributed by atoms with Crippen molar-refractivity contribution in [3.63, 3.8) is 0 Å². The lowest BCUT2D eigenvalue weighted by atomic mass is 10.2. The van der Waals surface area contributed by atoms with Gasteiger partial charge in [-0.1, -0.05) is 17.7 Å². The molecule has 0 saturated heterocycles. The zero-order chi connectivity index (χ0) is 10.1. The molecule has 3 nitrogen and oxygen atoms in total. The zero-order valence-corrected chi connectivity index (χ0v) is 8.25. The summed E-state index contributed by atoms with van der Waals surface area (Å²) in [5, 5.41) is 10.5. The highest BCUT2D eigenvalue weighted by molar-refractivity contribution is 6.35. The predicted molar refractivity (Wildman–Crippen MR) is 57.3 cm³/mol. The van der Waals surface area contributed by atoms with Crippen LogP contribution in [-0.2, 0) is 0 Å². The second-order valence-corrected chi connectivity index (χ2v) is 3.62. The van der Waals surface area contributed by atoms with Gasteiger partial charge in [-0.15, -0.1) is 0 Å². The number of nitrogens with two attached hydrogens (primary N) is 1. The van der Waals surface area contributed by atoms with Crippen LogP contribution in [0, 0.1) is 0 Å². The maximum absolute atomic E-state index is 8.90. The Morgan fingerprint density at radius 3 is 2.93 bits per heavy atom. The molecule has 2 rings (SSSR count). The molecule has 0 radical (unpaired) electrons. The molecule has 0 fully saturated rings. The molecule has 0 aliphatic rings. The number of aliphatic hydroxyl groups excluding tert-OH is 1. The Morgan fingerprint density at radius 2 is 2.29 bits per heavy atom. The Morgan fingerprint density at radius 1 is 1.50 bits per heavy atom. The molecule has 0 unspecified atom stereocenters. The van der Waals surface area contributed by atoms with Crippen LogP contribution in [-0.4, -0.2) is 16.7 Å². The summed E-state index contributed by atoms with van der Waals surface area (Å²) in [6, 6.07) is 7.12. The third-order valence-corrected chi connectivity index (χ3v) is 2.56. The topological polar surface area (TPSA) is 62.0 Å². The summed E-state index contributed by atoms with van der Waals surface area (Å²) in [6.45, 7) is -0.0789. The average molecular weight is 211 g/mol. The van der Waals surface area contributed by atoms with Crippen molar-refractivity contribution in [2.45, 2.75) is 6.04 Å². The molecule has 14 heavy (non-hydrogen) atoms. The van der Waals surface area contributed by atoms with Crippen LogP contribution in [0.4, 0.5) is 0 Å². The molecule has 4 N–H and O–H groups in total. The van der Waals surface area contributed by atoms with E-state index in [4.69, 9.17) is 22.4 Å². The molecule has 2 aromatic rings. The van der Waals surface area contributed by atoms with E-state index in [0.717, 1.165) is 16.6 Å². The molecule has 0 spiro atoms. The number of fused-ring (bicyclic) bond motifs is 1. The summed E-state index contributed by atoms with van der Waals surface area (Å²) >= 11 is 5.99. The SMILES string of the molecule is N[C@H](CO)c1cc2c(Cl)cccc2[nH]1. The zero-order valence-electron chi connectivity index (χ0n) is 7.50. The van der Waals surface area contributed by atoms with E-state index in [1.807, 2.05) is 24.3 Å². The third kappa shape index (κ3) is 1.50. The van der Waals surface area contributed by atoms with Crippen LogP contribution in [0.3, 0.4) is 0 Å². The van der Waals surface area contributed by atoms with Crippen molar-refractivity contribution in [2.75, 3.05) is 6.61 Å². The van der Waals surface area contributed by atoms with Crippen LogP contribution >= 0.6 is 11.6 Å². The fraction of sp³-hybridized carbons (Fsp3) is 0.200. The Kier molecular flexibility index (Phi) is 2.46. The molecule has 4 heteroatoms. The van der Waals surface area contributed by atoms with Gasteiger partial charge in [0.05, 0.1) is 12.6 Å². The van der Waals surface area contributed by atoms with E-state index in [1.165, 1.54) is 0 Å². The molecule has 1 heterocycles. The summed E-state index contributed by atoms with van der Waals surface area (Å²) in [5.74, 6) is 0. The van der Waals surface area contributed by atoms with E-state index >= 15 is 0 Å². The van der Waals surface area contributed by atoms with Crippen molar-refractivity contribution in [3.8, 4) is 0 Å². The van der Waals surface area contributed by atoms with E-state index in [2.05, 4.69) is 4.98 Å². The quantitative estimate of drug-likeness (QED) is 0.708. The molecule has 74 valence electrons. The number of hydrogen-bond donors (Lipinski definition) is 3. The fourth-order valence-corrected chi connectivity index (χ4v) is 1.67. The van der Waals surface area contributed by atoms with Crippen molar-refractivity contribution >= 4 is 22.5 Å². The lowest BCUT2D eigenvalue weighted by molar-refractivity contribution is 0.266. The van der Waals surface area contributed by atoms with Gasteiger partial charge in [-0.25, -0.2) is 0 Å². The van der Waals surface area contributed by atoms with Crippen molar-refractivity contribution in [3.05, 3.63) is 35.0 Å². The first kappa shape index (κ1) is 9.52. The summed E-state index contributed by atoms with van der Waals surface area (Å²) in [6.07, 6.45) is 0. The smallest absolute Gasteiger partial charge is 0.0683 e. The second kappa shape index (κ2) is 3.61. The van der Waals surface area contributed by atoms with Crippen molar-refractivity contribution < 1.29 is 5.11 Å². The minimum absolute atomic E-state index is 0.0789.